The van der Waals surface area contributed by atoms with Crippen molar-refractivity contribution in [3.05, 3.63) is 53.1 Å². The molecule has 2 aromatic rings. The van der Waals surface area contributed by atoms with E-state index in [1.54, 1.807) is 14.0 Å². The summed E-state index contributed by atoms with van der Waals surface area (Å²) >= 11 is 0. The summed E-state index contributed by atoms with van der Waals surface area (Å²) in [6.45, 7) is 1.68. The molecule has 0 saturated heterocycles. The maximum absolute atomic E-state index is 12.8. The van der Waals surface area contributed by atoms with Gasteiger partial charge in [0.05, 0.1) is 5.69 Å². The fraction of sp³-hybridized carbons (Fsp3) is 0.154. The lowest BCUT2D eigenvalue weighted by atomic mass is 10.2. The summed E-state index contributed by atoms with van der Waals surface area (Å²) in [6, 6.07) is 5.37. The number of carbonyl (C=O) groups is 1. The smallest absolute Gasteiger partial charge is 0.369 e. The third kappa shape index (κ3) is 3.00. The highest BCUT2D eigenvalue weighted by Gasteiger charge is 2.14. The van der Waals surface area contributed by atoms with Gasteiger partial charge < -0.3 is 10.6 Å². The van der Waals surface area contributed by atoms with Crippen LogP contribution in [0.2, 0.25) is 0 Å². The molecule has 1 aromatic heterocycles. The Kier molecular flexibility index (Phi) is 3.79. The molecular formula is C13H13FN4O2. The van der Waals surface area contributed by atoms with E-state index in [9.17, 15) is 9.18 Å². The van der Waals surface area contributed by atoms with E-state index in [1.165, 1.54) is 35.1 Å². The Bertz CT molecular complexity index is 662. The van der Waals surface area contributed by atoms with Crippen molar-refractivity contribution in [3.8, 4) is 0 Å². The van der Waals surface area contributed by atoms with Gasteiger partial charge in [0.1, 0.15) is 11.4 Å². The summed E-state index contributed by atoms with van der Waals surface area (Å²) in [7, 11) is 1.69. The molecule has 1 aromatic carbocycles. The molecule has 2 N–H and O–H groups in total. The van der Waals surface area contributed by atoms with Crippen LogP contribution in [0.5, 0.6) is 0 Å². The number of amidine groups is 1. The zero-order valence-corrected chi connectivity index (χ0v) is 11.0. The van der Waals surface area contributed by atoms with Gasteiger partial charge in [-0.3, -0.25) is 4.68 Å². The zero-order valence-electron chi connectivity index (χ0n) is 11.0. The minimum atomic E-state index is -0.652. The first-order valence-electron chi connectivity index (χ1n) is 5.78. The summed E-state index contributed by atoms with van der Waals surface area (Å²) < 4.78 is 14.3. The molecule has 0 aliphatic heterocycles. The number of benzene rings is 1. The number of aryl methyl sites for hydroxylation is 2. The number of hydrogen-bond acceptors (Lipinski definition) is 4. The molecule has 1 heterocycles. The number of carbonyl (C=O) groups excluding carboxylic acids is 1. The number of nitrogens with two attached hydrogens (primary N) is 1. The zero-order chi connectivity index (χ0) is 14.7. The third-order valence-electron chi connectivity index (χ3n) is 2.60. The Morgan fingerprint density at radius 3 is 2.60 bits per heavy atom. The fourth-order valence-electron chi connectivity index (χ4n) is 1.61. The van der Waals surface area contributed by atoms with Gasteiger partial charge in [0.15, 0.2) is 5.84 Å². The average Bonchev–Trinajstić information content (AvgIpc) is 2.75. The Morgan fingerprint density at radius 1 is 1.40 bits per heavy atom. The SMILES string of the molecule is Cc1nn(C)cc1C(=O)O/N=C(\N)c1ccc(F)cc1. The second-order valence-corrected chi connectivity index (χ2v) is 4.16. The van der Waals surface area contributed by atoms with E-state index in [2.05, 4.69) is 10.3 Å². The van der Waals surface area contributed by atoms with Crippen molar-refractivity contribution in [2.24, 2.45) is 17.9 Å². The lowest BCUT2D eigenvalue weighted by Crippen LogP contribution is -2.15. The number of aromatic nitrogens is 2. The molecule has 0 radical (unpaired) electrons. The van der Waals surface area contributed by atoms with Gasteiger partial charge in [-0.25, -0.2) is 9.18 Å². The van der Waals surface area contributed by atoms with E-state index in [4.69, 9.17) is 10.6 Å². The molecule has 0 fully saturated rings. The molecule has 0 saturated carbocycles. The van der Waals surface area contributed by atoms with Crippen LogP contribution in [-0.4, -0.2) is 21.6 Å². The number of rotatable bonds is 3. The fourth-order valence-corrected chi connectivity index (χ4v) is 1.61. The summed E-state index contributed by atoms with van der Waals surface area (Å²) in [5, 5.41) is 7.56. The first-order chi connectivity index (χ1) is 9.47. The standard InChI is InChI=1S/C13H13FN4O2/c1-8-11(7-18(2)16-8)13(19)20-17-12(15)9-3-5-10(14)6-4-9/h3-7H,1-2H3,(H2,15,17). The number of nitrogens with zero attached hydrogens (tertiary/aromatic N) is 3. The first-order valence-corrected chi connectivity index (χ1v) is 5.78. The quantitative estimate of drug-likeness (QED) is 0.397. The van der Waals surface area contributed by atoms with Crippen LogP contribution in [0.3, 0.4) is 0 Å². The minimum Gasteiger partial charge on any atom is -0.380 e. The summed E-state index contributed by atoms with van der Waals surface area (Å²) in [6.07, 6.45) is 1.53. The molecule has 20 heavy (non-hydrogen) atoms. The van der Waals surface area contributed by atoms with Gasteiger partial charge in [-0.05, 0) is 31.2 Å². The molecule has 0 amide bonds. The van der Waals surface area contributed by atoms with Crippen molar-refractivity contribution in [3.63, 3.8) is 0 Å². The average molecular weight is 276 g/mol. The van der Waals surface area contributed by atoms with Gasteiger partial charge >= 0.3 is 5.97 Å². The van der Waals surface area contributed by atoms with Gasteiger partial charge in [-0.2, -0.15) is 5.10 Å². The van der Waals surface area contributed by atoms with Crippen molar-refractivity contribution in [2.75, 3.05) is 0 Å². The topological polar surface area (TPSA) is 82.5 Å². The van der Waals surface area contributed by atoms with E-state index < -0.39 is 5.97 Å². The predicted octanol–water partition coefficient (Wildman–Crippen LogP) is 1.34. The van der Waals surface area contributed by atoms with E-state index in [0.717, 1.165) is 0 Å². The maximum Gasteiger partial charge on any atom is 0.369 e. The number of halogens is 1. The van der Waals surface area contributed by atoms with Crippen molar-refractivity contribution in [1.82, 2.24) is 9.78 Å². The molecule has 104 valence electrons. The van der Waals surface area contributed by atoms with Crippen LogP contribution in [0.1, 0.15) is 21.6 Å². The molecule has 7 heteroatoms. The molecule has 0 unspecified atom stereocenters. The highest BCUT2D eigenvalue weighted by atomic mass is 19.1. The Morgan fingerprint density at radius 2 is 2.05 bits per heavy atom. The van der Waals surface area contributed by atoms with Gasteiger partial charge in [0.2, 0.25) is 0 Å². The lowest BCUT2D eigenvalue weighted by molar-refractivity contribution is 0.0515. The normalized spacial score (nSPS) is 11.4. The van der Waals surface area contributed by atoms with Crippen molar-refractivity contribution in [2.45, 2.75) is 6.92 Å². The lowest BCUT2D eigenvalue weighted by Gasteiger charge is -2.00. The molecule has 0 spiro atoms. The number of hydrogen-bond donors (Lipinski definition) is 1. The Labute approximate surface area is 114 Å². The Hall–Kier alpha value is -2.70. The van der Waals surface area contributed by atoms with Gasteiger partial charge in [0, 0.05) is 18.8 Å². The second-order valence-electron chi connectivity index (χ2n) is 4.16. The van der Waals surface area contributed by atoms with E-state index in [-0.39, 0.29) is 11.7 Å². The summed E-state index contributed by atoms with van der Waals surface area (Å²) in [4.78, 5) is 16.5. The van der Waals surface area contributed by atoms with E-state index in [1.807, 2.05) is 0 Å². The molecule has 2 rings (SSSR count). The molecule has 0 atom stereocenters. The van der Waals surface area contributed by atoms with E-state index >= 15 is 0 Å². The summed E-state index contributed by atoms with van der Waals surface area (Å²) in [5.74, 6) is -1.05. The first kappa shape index (κ1) is 13.7. The number of oxime groups is 1. The van der Waals surface area contributed by atoms with Crippen LogP contribution in [-0.2, 0) is 11.9 Å². The molecule has 6 nitrogen and oxygen atoms in total. The molecule has 0 bridgehead atoms. The van der Waals surface area contributed by atoms with Gasteiger partial charge in [-0.15, -0.1) is 0 Å². The van der Waals surface area contributed by atoms with Crippen LogP contribution in [0.25, 0.3) is 0 Å². The molecular weight excluding hydrogens is 263 g/mol. The van der Waals surface area contributed by atoms with Crippen LogP contribution < -0.4 is 5.73 Å². The largest absolute Gasteiger partial charge is 0.380 e. The predicted molar refractivity (Wildman–Crippen MR) is 70.5 cm³/mol. The second kappa shape index (κ2) is 5.52. The van der Waals surface area contributed by atoms with Crippen molar-refractivity contribution >= 4 is 11.8 Å². The van der Waals surface area contributed by atoms with Gasteiger partial charge in [-0.1, -0.05) is 5.16 Å². The van der Waals surface area contributed by atoms with Crippen molar-refractivity contribution in [1.29, 1.82) is 0 Å². The summed E-state index contributed by atoms with van der Waals surface area (Å²) in [5.41, 5.74) is 6.95. The maximum atomic E-state index is 12.8. The third-order valence-corrected chi connectivity index (χ3v) is 2.60. The Balaban J connectivity index is 2.10. The highest BCUT2D eigenvalue weighted by molar-refractivity contribution is 5.98. The minimum absolute atomic E-state index is 0.0140. The van der Waals surface area contributed by atoms with Crippen LogP contribution in [0, 0.1) is 12.7 Å². The van der Waals surface area contributed by atoms with E-state index in [0.29, 0.717) is 16.8 Å². The van der Waals surface area contributed by atoms with Crippen LogP contribution in [0.4, 0.5) is 4.39 Å². The van der Waals surface area contributed by atoms with Crippen LogP contribution in [0.15, 0.2) is 35.6 Å². The van der Waals surface area contributed by atoms with Crippen molar-refractivity contribution < 1.29 is 14.0 Å². The van der Waals surface area contributed by atoms with Gasteiger partial charge in [0.25, 0.3) is 0 Å². The highest BCUT2D eigenvalue weighted by Crippen LogP contribution is 2.07. The van der Waals surface area contributed by atoms with Crippen LogP contribution >= 0.6 is 0 Å². The molecule has 0 aliphatic rings. The molecule has 0 aliphatic carbocycles. The monoisotopic (exact) mass is 276 g/mol.